The summed E-state index contributed by atoms with van der Waals surface area (Å²) < 4.78 is 0. The molecule has 1 unspecified atom stereocenters. The first-order chi connectivity index (χ1) is 11.1. The molecule has 8 heteroatoms. The number of Topliss-reactive ketones (excluding diaryl/α,β-unsaturated/α-hetero) is 1. The molecule has 4 N–H and O–H groups in total. The normalized spacial score (nSPS) is 16.9. The van der Waals surface area contributed by atoms with Gasteiger partial charge < -0.3 is 15.6 Å². The van der Waals surface area contributed by atoms with E-state index in [2.05, 4.69) is 30.9 Å². The molecule has 1 fully saturated rings. The minimum absolute atomic E-state index is 0.0285. The van der Waals surface area contributed by atoms with Gasteiger partial charge in [-0.3, -0.25) is 10.1 Å². The Kier molecular flexibility index (Phi) is 4.52. The Bertz CT molecular complexity index is 707. The molecule has 3 rings (SSSR count). The average molecular weight is 316 g/mol. The van der Waals surface area contributed by atoms with E-state index in [1.165, 1.54) is 13.1 Å². The molecule has 1 aliphatic rings. The number of carbonyl (C=O) groups excluding carboxylic acids is 2. The number of urea groups is 1. The summed E-state index contributed by atoms with van der Waals surface area (Å²) in [5.74, 6) is 0.485. The fourth-order valence-electron chi connectivity index (χ4n) is 2.91. The first kappa shape index (κ1) is 15.4. The van der Waals surface area contributed by atoms with Crippen molar-refractivity contribution in [2.75, 3.05) is 18.4 Å². The summed E-state index contributed by atoms with van der Waals surface area (Å²) in [6.07, 6.45) is 4.96. The molecule has 1 atom stereocenters. The number of carbonyl (C=O) groups is 2. The highest BCUT2D eigenvalue weighted by atomic mass is 16.2. The zero-order chi connectivity index (χ0) is 16.2. The maximum atomic E-state index is 12.2. The van der Waals surface area contributed by atoms with E-state index in [0.717, 1.165) is 25.9 Å². The second-order valence-electron chi connectivity index (χ2n) is 5.74. The van der Waals surface area contributed by atoms with E-state index in [1.807, 2.05) is 0 Å². The summed E-state index contributed by atoms with van der Waals surface area (Å²) in [6, 6.07) is 0.868. The molecule has 1 saturated heterocycles. The second-order valence-corrected chi connectivity index (χ2v) is 5.74. The minimum atomic E-state index is -0.471. The van der Waals surface area contributed by atoms with E-state index in [1.54, 1.807) is 12.3 Å². The average Bonchev–Trinajstić information content (AvgIpc) is 3.01. The van der Waals surface area contributed by atoms with Gasteiger partial charge in [-0.2, -0.15) is 0 Å². The predicted molar refractivity (Wildman–Crippen MR) is 86.1 cm³/mol. The van der Waals surface area contributed by atoms with E-state index in [4.69, 9.17) is 0 Å². The smallest absolute Gasteiger partial charge is 0.321 e. The molecule has 0 aromatic carbocycles. The van der Waals surface area contributed by atoms with E-state index >= 15 is 0 Å². The molecule has 3 heterocycles. The van der Waals surface area contributed by atoms with Crippen molar-refractivity contribution in [2.45, 2.75) is 25.8 Å². The zero-order valence-electron chi connectivity index (χ0n) is 12.9. The van der Waals surface area contributed by atoms with E-state index in [0.29, 0.717) is 17.0 Å². The Labute approximate surface area is 133 Å². The van der Waals surface area contributed by atoms with Crippen molar-refractivity contribution in [1.82, 2.24) is 25.6 Å². The second kappa shape index (κ2) is 6.74. The number of nitrogens with zero attached hydrogens (tertiary/aromatic N) is 2. The van der Waals surface area contributed by atoms with Crippen LogP contribution < -0.4 is 16.0 Å². The number of hydrogen-bond donors (Lipinski definition) is 4. The standard InChI is InChI=1S/C15H20N6O2/c1-9(22)13(10-2-5-16-6-3-10)21-15(23)20-12-8-18-14-11(19-12)4-7-17-14/h4,7-8,10,13,16H,2-3,5-6H2,1H3,(H,17,18)(H2,19,20,21,23). The highest BCUT2D eigenvalue weighted by molar-refractivity contribution is 5.93. The van der Waals surface area contributed by atoms with Gasteiger partial charge in [0.1, 0.15) is 5.52 Å². The lowest BCUT2D eigenvalue weighted by Crippen LogP contribution is -2.49. The van der Waals surface area contributed by atoms with Gasteiger partial charge in [0.25, 0.3) is 0 Å². The topological polar surface area (TPSA) is 112 Å². The number of anilines is 1. The lowest BCUT2D eigenvalue weighted by atomic mass is 9.88. The molecular weight excluding hydrogens is 296 g/mol. The predicted octanol–water partition coefficient (Wildman–Crippen LogP) is 1.04. The maximum absolute atomic E-state index is 12.2. The van der Waals surface area contributed by atoms with Crippen LogP contribution in [0.15, 0.2) is 18.5 Å². The van der Waals surface area contributed by atoms with Crippen LogP contribution in [-0.2, 0) is 4.79 Å². The van der Waals surface area contributed by atoms with Gasteiger partial charge in [-0.05, 0) is 44.8 Å². The fraction of sp³-hybridized carbons (Fsp3) is 0.467. The van der Waals surface area contributed by atoms with Crippen LogP contribution in [-0.4, -0.2) is 45.9 Å². The number of piperidine rings is 1. The van der Waals surface area contributed by atoms with Gasteiger partial charge in [-0.15, -0.1) is 0 Å². The number of ketones is 1. The molecule has 2 aromatic rings. The molecule has 122 valence electrons. The highest BCUT2D eigenvalue weighted by Gasteiger charge is 2.28. The molecule has 0 radical (unpaired) electrons. The first-order valence-corrected chi connectivity index (χ1v) is 7.72. The number of aromatic amines is 1. The largest absolute Gasteiger partial charge is 0.345 e. The van der Waals surface area contributed by atoms with Crippen molar-refractivity contribution in [2.24, 2.45) is 5.92 Å². The molecule has 0 spiro atoms. The minimum Gasteiger partial charge on any atom is -0.345 e. The number of H-pyrrole nitrogens is 1. The maximum Gasteiger partial charge on any atom is 0.321 e. The molecule has 8 nitrogen and oxygen atoms in total. The number of nitrogens with one attached hydrogen (secondary N) is 4. The number of amides is 2. The van der Waals surface area contributed by atoms with Crippen molar-refractivity contribution in [3.8, 4) is 0 Å². The third-order valence-corrected chi connectivity index (χ3v) is 4.08. The zero-order valence-corrected chi connectivity index (χ0v) is 12.9. The van der Waals surface area contributed by atoms with Crippen LogP contribution in [0, 0.1) is 5.92 Å². The van der Waals surface area contributed by atoms with Gasteiger partial charge in [0.2, 0.25) is 0 Å². The summed E-state index contributed by atoms with van der Waals surface area (Å²) in [5.41, 5.74) is 1.33. The summed E-state index contributed by atoms with van der Waals surface area (Å²) in [7, 11) is 0. The van der Waals surface area contributed by atoms with Crippen molar-refractivity contribution in [3.05, 3.63) is 18.5 Å². The first-order valence-electron chi connectivity index (χ1n) is 7.72. The van der Waals surface area contributed by atoms with Crippen LogP contribution in [0.4, 0.5) is 10.6 Å². The molecule has 0 aliphatic carbocycles. The summed E-state index contributed by atoms with van der Waals surface area (Å²) >= 11 is 0. The molecule has 2 amide bonds. The van der Waals surface area contributed by atoms with Gasteiger partial charge >= 0.3 is 6.03 Å². The summed E-state index contributed by atoms with van der Waals surface area (Å²) in [5, 5.41) is 8.67. The van der Waals surface area contributed by atoms with Crippen LogP contribution in [0.25, 0.3) is 11.2 Å². The van der Waals surface area contributed by atoms with Crippen molar-refractivity contribution < 1.29 is 9.59 Å². The highest BCUT2D eigenvalue weighted by Crippen LogP contribution is 2.17. The molecular formula is C15H20N6O2. The van der Waals surface area contributed by atoms with Crippen molar-refractivity contribution in [1.29, 1.82) is 0 Å². The molecule has 0 bridgehead atoms. The van der Waals surface area contributed by atoms with Crippen LogP contribution >= 0.6 is 0 Å². The van der Waals surface area contributed by atoms with Crippen LogP contribution in [0.1, 0.15) is 19.8 Å². The summed E-state index contributed by atoms with van der Waals surface area (Å²) in [6.45, 7) is 3.25. The van der Waals surface area contributed by atoms with E-state index in [9.17, 15) is 9.59 Å². The molecule has 23 heavy (non-hydrogen) atoms. The number of aromatic nitrogens is 3. The van der Waals surface area contributed by atoms with Crippen molar-refractivity contribution in [3.63, 3.8) is 0 Å². The number of fused-ring (bicyclic) bond motifs is 1. The fourth-order valence-corrected chi connectivity index (χ4v) is 2.91. The monoisotopic (exact) mass is 316 g/mol. The molecule has 2 aromatic heterocycles. The van der Waals surface area contributed by atoms with Gasteiger partial charge in [0.15, 0.2) is 17.2 Å². The Morgan fingerprint density at radius 3 is 2.87 bits per heavy atom. The van der Waals surface area contributed by atoms with Gasteiger partial charge in [0.05, 0.1) is 12.2 Å². The third kappa shape index (κ3) is 3.65. The van der Waals surface area contributed by atoms with Crippen molar-refractivity contribution >= 4 is 28.8 Å². The third-order valence-electron chi connectivity index (χ3n) is 4.08. The van der Waals surface area contributed by atoms with Crippen LogP contribution in [0.3, 0.4) is 0 Å². The Morgan fingerprint density at radius 1 is 1.35 bits per heavy atom. The Balaban J connectivity index is 1.65. The van der Waals surface area contributed by atoms with Crippen LogP contribution in [0.5, 0.6) is 0 Å². The lowest BCUT2D eigenvalue weighted by Gasteiger charge is -2.29. The summed E-state index contributed by atoms with van der Waals surface area (Å²) in [4.78, 5) is 35.4. The molecule has 1 aliphatic heterocycles. The van der Waals surface area contributed by atoms with Gasteiger partial charge in [-0.1, -0.05) is 0 Å². The van der Waals surface area contributed by atoms with E-state index in [-0.39, 0.29) is 11.7 Å². The van der Waals surface area contributed by atoms with Gasteiger partial charge in [-0.25, -0.2) is 14.8 Å². The molecule has 0 saturated carbocycles. The number of hydrogen-bond acceptors (Lipinski definition) is 5. The SMILES string of the molecule is CC(=O)C(NC(=O)Nc1cnc2[nH]ccc2n1)C1CCNCC1. The Hall–Kier alpha value is -2.48. The van der Waals surface area contributed by atoms with Gasteiger partial charge in [0, 0.05) is 6.20 Å². The lowest BCUT2D eigenvalue weighted by molar-refractivity contribution is -0.120. The van der Waals surface area contributed by atoms with E-state index < -0.39 is 12.1 Å². The quantitative estimate of drug-likeness (QED) is 0.673. The van der Waals surface area contributed by atoms with Crippen LogP contribution in [0.2, 0.25) is 0 Å². The number of rotatable bonds is 4. The Morgan fingerprint density at radius 2 is 2.13 bits per heavy atom.